The summed E-state index contributed by atoms with van der Waals surface area (Å²) in [5, 5.41) is 9.51. The molecule has 0 saturated heterocycles. The maximum Gasteiger partial charge on any atom is 0.291 e. The SMILES string of the molecule is CC(=O)Nc1cc(-c2ccccc2)nn(CC(=O)Nc2ccc(Br)cc2)c1=O. The number of benzene rings is 2. The van der Waals surface area contributed by atoms with Crippen molar-refractivity contribution in [1.29, 1.82) is 0 Å². The molecule has 8 heteroatoms. The minimum atomic E-state index is -0.555. The lowest BCUT2D eigenvalue weighted by Crippen LogP contribution is -2.32. The topological polar surface area (TPSA) is 93.1 Å². The maximum absolute atomic E-state index is 12.6. The first-order chi connectivity index (χ1) is 13.4. The molecule has 28 heavy (non-hydrogen) atoms. The summed E-state index contributed by atoms with van der Waals surface area (Å²) >= 11 is 3.33. The average molecular weight is 441 g/mol. The fourth-order valence-electron chi connectivity index (χ4n) is 2.55. The van der Waals surface area contributed by atoms with Gasteiger partial charge in [0.1, 0.15) is 12.2 Å². The van der Waals surface area contributed by atoms with Crippen molar-refractivity contribution in [3.63, 3.8) is 0 Å². The van der Waals surface area contributed by atoms with Crippen LogP contribution in [-0.4, -0.2) is 21.6 Å². The Hall–Kier alpha value is -3.26. The van der Waals surface area contributed by atoms with Gasteiger partial charge in [0.2, 0.25) is 11.8 Å². The van der Waals surface area contributed by atoms with Crippen LogP contribution in [0.15, 0.2) is 69.9 Å². The minimum absolute atomic E-state index is 0.0674. The molecule has 0 aliphatic carbocycles. The van der Waals surface area contributed by atoms with E-state index in [1.54, 1.807) is 24.3 Å². The second kappa shape index (κ2) is 8.62. The quantitative estimate of drug-likeness (QED) is 0.636. The Morgan fingerprint density at radius 2 is 1.71 bits per heavy atom. The van der Waals surface area contributed by atoms with Crippen LogP contribution in [0.5, 0.6) is 0 Å². The van der Waals surface area contributed by atoms with E-state index in [4.69, 9.17) is 0 Å². The van der Waals surface area contributed by atoms with Crippen LogP contribution in [0.2, 0.25) is 0 Å². The molecule has 0 radical (unpaired) electrons. The molecule has 0 atom stereocenters. The van der Waals surface area contributed by atoms with Crippen molar-refractivity contribution in [2.75, 3.05) is 10.6 Å². The van der Waals surface area contributed by atoms with Gasteiger partial charge in [-0.1, -0.05) is 46.3 Å². The number of amides is 2. The smallest absolute Gasteiger partial charge is 0.291 e. The van der Waals surface area contributed by atoms with E-state index >= 15 is 0 Å². The number of hydrogen-bond acceptors (Lipinski definition) is 4. The van der Waals surface area contributed by atoms with Gasteiger partial charge in [0, 0.05) is 22.6 Å². The minimum Gasteiger partial charge on any atom is -0.324 e. The number of carbonyl (C=O) groups excluding carboxylic acids is 2. The van der Waals surface area contributed by atoms with Crippen molar-refractivity contribution in [3.05, 3.63) is 75.5 Å². The van der Waals surface area contributed by atoms with Gasteiger partial charge in [0.15, 0.2) is 0 Å². The molecule has 1 heterocycles. The Balaban J connectivity index is 1.92. The first kappa shape index (κ1) is 19.5. The number of nitrogens with one attached hydrogen (secondary N) is 2. The van der Waals surface area contributed by atoms with E-state index in [2.05, 4.69) is 31.7 Å². The maximum atomic E-state index is 12.6. The summed E-state index contributed by atoms with van der Waals surface area (Å²) in [6.07, 6.45) is 0. The standard InChI is InChI=1S/C20H17BrN4O3/c1-13(26)22-18-11-17(14-5-3-2-4-6-14)24-25(20(18)28)12-19(27)23-16-9-7-15(21)8-10-16/h2-11H,12H2,1H3,(H,22,26)(H,23,27). The van der Waals surface area contributed by atoms with Crippen LogP contribution in [0.4, 0.5) is 11.4 Å². The van der Waals surface area contributed by atoms with Crippen molar-refractivity contribution in [3.8, 4) is 11.3 Å². The Morgan fingerprint density at radius 1 is 1.04 bits per heavy atom. The molecule has 3 aromatic rings. The first-order valence-electron chi connectivity index (χ1n) is 8.43. The lowest BCUT2D eigenvalue weighted by Gasteiger charge is -2.11. The van der Waals surface area contributed by atoms with Gasteiger partial charge in [-0.05, 0) is 30.3 Å². The van der Waals surface area contributed by atoms with Crippen LogP contribution in [0, 0.1) is 0 Å². The Bertz CT molecular complexity index is 1060. The number of nitrogens with zero attached hydrogens (tertiary/aromatic N) is 2. The molecule has 0 aliphatic rings. The summed E-state index contributed by atoms with van der Waals surface area (Å²) in [5.74, 6) is -0.788. The molecule has 7 nitrogen and oxygen atoms in total. The van der Waals surface area contributed by atoms with Gasteiger partial charge in [-0.3, -0.25) is 14.4 Å². The predicted molar refractivity (Wildman–Crippen MR) is 111 cm³/mol. The number of rotatable bonds is 5. The molecule has 2 amide bonds. The molecule has 3 rings (SSSR count). The van der Waals surface area contributed by atoms with E-state index in [-0.39, 0.29) is 18.1 Å². The third kappa shape index (κ3) is 4.92. The van der Waals surface area contributed by atoms with E-state index in [1.165, 1.54) is 13.0 Å². The van der Waals surface area contributed by atoms with E-state index in [0.717, 1.165) is 14.7 Å². The number of halogens is 1. The third-order valence-electron chi connectivity index (χ3n) is 3.78. The first-order valence-corrected chi connectivity index (χ1v) is 9.22. The monoisotopic (exact) mass is 440 g/mol. The third-order valence-corrected chi connectivity index (χ3v) is 4.30. The Kier molecular flexibility index (Phi) is 6.00. The summed E-state index contributed by atoms with van der Waals surface area (Å²) in [7, 11) is 0. The van der Waals surface area contributed by atoms with Crippen LogP contribution >= 0.6 is 15.9 Å². The molecule has 0 saturated carbocycles. The second-order valence-electron chi connectivity index (χ2n) is 6.01. The molecular weight excluding hydrogens is 424 g/mol. The number of hydrogen-bond donors (Lipinski definition) is 2. The Morgan fingerprint density at radius 3 is 2.36 bits per heavy atom. The average Bonchev–Trinajstić information content (AvgIpc) is 2.67. The zero-order chi connectivity index (χ0) is 20.1. The number of aromatic nitrogens is 2. The summed E-state index contributed by atoms with van der Waals surface area (Å²) in [4.78, 5) is 36.5. The highest BCUT2D eigenvalue weighted by molar-refractivity contribution is 9.10. The summed E-state index contributed by atoms with van der Waals surface area (Å²) in [6, 6.07) is 17.8. The van der Waals surface area contributed by atoms with Crippen molar-refractivity contribution in [2.24, 2.45) is 0 Å². The summed E-state index contributed by atoms with van der Waals surface area (Å²) < 4.78 is 1.93. The fourth-order valence-corrected chi connectivity index (χ4v) is 2.81. The van der Waals surface area contributed by atoms with Crippen molar-refractivity contribution in [2.45, 2.75) is 13.5 Å². The highest BCUT2D eigenvalue weighted by Crippen LogP contribution is 2.18. The van der Waals surface area contributed by atoms with Crippen LogP contribution in [0.1, 0.15) is 6.92 Å². The molecule has 0 spiro atoms. The zero-order valence-electron chi connectivity index (χ0n) is 15.0. The number of anilines is 2. The van der Waals surface area contributed by atoms with E-state index in [0.29, 0.717) is 11.4 Å². The van der Waals surface area contributed by atoms with Gasteiger partial charge in [0.25, 0.3) is 5.56 Å². The second-order valence-corrected chi connectivity index (χ2v) is 6.92. The van der Waals surface area contributed by atoms with E-state index in [9.17, 15) is 14.4 Å². The highest BCUT2D eigenvalue weighted by atomic mass is 79.9. The lowest BCUT2D eigenvalue weighted by molar-refractivity contribution is -0.117. The van der Waals surface area contributed by atoms with Gasteiger partial charge in [-0.2, -0.15) is 5.10 Å². The van der Waals surface area contributed by atoms with Crippen molar-refractivity contribution < 1.29 is 9.59 Å². The van der Waals surface area contributed by atoms with Crippen molar-refractivity contribution in [1.82, 2.24) is 9.78 Å². The summed E-state index contributed by atoms with van der Waals surface area (Å²) in [5.41, 5.74) is 1.35. The van der Waals surface area contributed by atoms with Gasteiger partial charge < -0.3 is 10.6 Å². The fraction of sp³-hybridized carbons (Fsp3) is 0.100. The van der Waals surface area contributed by atoms with E-state index in [1.807, 2.05) is 30.3 Å². The lowest BCUT2D eigenvalue weighted by atomic mass is 10.1. The van der Waals surface area contributed by atoms with Crippen LogP contribution < -0.4 is 16.2 Å². The molecule has 0 bridgehead atoms. The molecule has 1 aromatic heterocycles. The highest BCUT2D eigenvalue weighted by Gasteiger charge is 2.14. The van der Waals surface area contributed by atoms with Crippen LogP contribution in [0.25, 0.3) is 11.3 Å². The van der Waals surface area contributed by atoms with E-state index < -0.39 is 11.5 Å². The Labute approximate surface area is 169 Å². The zero-order valence-corrected chi connectivity index (χ0v) is 16.6. The van der Waals surface area contributed by atoms with Gasteiger partial charge >= 0.3 is 0 Å². The predicted octanol–water partition coefficient (Wildman–Crippen LogP) is 3.27. The normalized spacial score (nSPS) is 10.4. The van der Waals surface area contributed by atoms with Gasteiger partial charge in [0.05, 0.1) is 5.69 Å². The molecule has 2 aromatic carbocycles. The molecule has 0 unspecified atom stereocenters. The molecule has 0 fully saturated rings. The van der Waals surface area contributed by atoms with Crippen molar-refractivity contribution >= 4 is 39.1 Å². The van der Waals surface area contributed by atoms with Crippen LogP contribution in [-0.2, 0) is 16.1 Å². The molecule has 0 aliphatic heterocycles. The van der Waals surface area contributed by atoms with Gasteiger partial charge in [-0.15, -0.1) is 0 Å². The molecule has 142 valence electrons. The molecular formula is C20H17BrN4O3. The van der Waals surface area contributed by atoms with Crippen LogP contribution in [0.3, 0.4) is 0 Å². The van der Waals surface area contributed by atoms with Gasteiger partial charge in [-0.25, -0.2) is 4.68 Å². The number of carbonyl (C=O) groups is 2. The molecule has 2 N–H and O–H groups in total. The summed E-state index contributed by atoms with van der Waals surface area (Å²) in [6.45, 7) is 1.02. The largest absolute Gasteiger partial charge is 0.324 e.